The van der Waals surface area contributed by atoms with Gasteiger partial charge in [-0.2, -0.15) is 0 Å². The number of fused-ring (bicyclic) bond motifs is 1. The normalized spacial score (nSPS) is 13.8. The highest BCUT2D eigenvalue weighted by molar-refractivity contribution is 6.14. The summed E-state index contributed by atoms with van der Waals surface area (Å²) < 4.78 is 38.5. The maximum atomic E-state index is 13.7. The first kappa shape index (κ1) is 19.3. The molecule has 0 aromatic heterocycles. The van der Waals surface area contributed by atoms with Gasteiger partial charge >= 0.3 is 0 Å². The van der Waals surface area contributed by atoms with Gasteiger partial charge in [-0.25, -0.2) is 8.78 Å². The fraction of sp³-hybridized carbons (Fsp3) is 0.0455. The number of Topliss-reactive ketones (excluding diaryl/α,β-unsaturated/α-hetero) is 1. The third-order valence-corrected chi connectivity index (χ3v) is 4.49. The van der Waals surface area contributed by atoms with Gasteiger partial charge in [0.05, 0.1) is 16.1 Å². The van der Waals surface area contributed by atoms with Crippen molar-refractivity contribution in [1.82, 2.24) is 0 Å². The predicted molar refractivity (Wildman–Crippen MR) is 103 cm³/mol. The number of carbonyl (C=O) groups excluding carboxylic acids is 1. The lowest BCUT2D eigenvalue weighted by atomic mass is 10.1. The fourth-order valence-corrected chi connectivity index (χ4v) is 2.93. The number of non-ortho nitro benzene ring substituents is 1. The average Bonchev–Trinajstić information content (AvgIpc) is 3.03. The molecule has 1 heterocycles. The second-order valence-electron chi connectivity index (χ2n) is 6.44. The largest absolute Gasteiger partial charge is 0.489 e. The first-order valence-corrected chi connectivity index (χ1v) is 8.81. The van der Waals surface area contributed by atoms with Crippen LogP contribution >= 0.6 is 0 Å². The van der Waals surface area contributed by atoms with Crippen molar-refractivity contribution < 1.29 is 28.0 Å². The summed E-state index contributed by atoms with van der Waals surface area (Å²) >= 11 is 0. The molecular weight excluding hydrogens is 396 g/mol. The number of allylic oxidation sites excluding steroid dienone is 1. The zero-order valence-corrected chi connectivity index (χ0v) is 15.3. The van der Waals surface area contributed by atoms with Gasteiger partial charge < -0.3 is 9.47 Å². The maximum Gasteiger partial charge on any atom is 0.269 e. The van der Waals surface area contributed by atoms with Crippen molar-refractivity contribution in [2.75, 3.05) is 0 Å². The zero-order chi connectivity index (χ0) is 21.3. The monoisotopic (exact) mass is 409 g/mol. The Hall–Kier alpha value is -4.07. The van der Waals surface area contributed by atoms with Gasteiger partial charge in [-0.1, -0.05) is 6.07 Å². The first-order valence-electron chi connectivity index (χ1n) is 8.81. The summed E-state index contributed by atoms with van der Waals surface area (Å²) in [7, 11) is 0. The predicted octanol–water partition coefficient (Wildman–Crippen LogP) is 5.07. The number of ether oxygens (including phenoxy) is 2. The van der Waals surface area contributed by atoms with E-state index in [1.807, 2.05) is 0 Å². The van der Waals surface area contributed by atoms with Crippen molar-refractivity contribution >= 4 is 17.5 Å². The molecule has 0 saturated heterocycles. The van der Waals surface area contributed by atoms with E-state index in [4.69, 9.17) is 9.47 Å². The second kappa shape index (κ2) is 7.75. The van der Waals surface area contributed by atoms with Crippen LogP contribution in [0.15, 0.2) is 66.4 Å². The summed E-state index contributed by atoms with van der Waals surface area (Å²) in [5.41, 5.74) is 0.608. The molecule has 0 radical (unpaired) electrons. The summed E-state index contributed by atoms with van der Waals surface area (Å²) in [4.78, 5) is 22.7. The third kappa shape index (κ3) is 3.75. The highest BCUT2D eigenvalue weighted by Crippen LogP contribution is 2.35. The van der Waals surface area contributed by atoms with E-state index in [9.17, 15) is 23.7 Å². The van der Waals surface area contributed by atoms with E-state index in [-0.39, 0.29) is 40.9 Å². The molecule has 30 heavy (non-hydrogen) atoms. The molecule has 0 N–H and O–H groups in total. The highest BCUT2D eigenvalue weighted by Gasteiger charge is 2.28. The molecular formula is C22H13F2NO5. The molecule has 0 spiro atoms. The van der Waals surface area contributed by atoms with E-state index < -0.39 is 16.6 Å². The number of benzene rings is 3. The Morgan fingerprint density at radius 3 is 2.40 bits per heavy atom. The molecule has 8 heteroatoms. The fourth-order valence-electron chi connectivity index (χ4n) is 2.93. The topological polar surface area (TPSA) is 78.7 Å². The lowest BCUT2D eigenvalue weighted by Crippen LogP contribution is -2.01. The van der Waals surface area contributed by atoms with E-state index in [1.165, 1.54) is 54.6 Å². The number of hydrogen-bond donors (Lipinski definition) is 0. The van der Waals surface area contributed by atoms with Crippen molar-refractivity contribution in [1.29, 1.82) is 0 Å². The van der Waals surface area contributed by atoms with Crippen LogP contribution in [0.1, 0.15) is 21.5 Å². The van der Waals surface area contributed by atoms with Crippen LogP contribution in [-0.4, -0.2) is 10.7 Å². The Morgan fingerprint density at radius 1 is 1.03 bits per heavy atom. The maximum absolute atomic E-state index is 13.7. The van der Waals surface area contributed by atoms with Gasteiger partial charge in [0.25, 0.3) is 5.69 Å². The van der Waals surface area contributed by atoms with E-state index in [2.05, 4.69) is 0 Å². The molecule has 4 rings (SSSR count). The molecule has 0 amide bonds. The Kier molecular flexibility index (Phi) is 4.97. The number of nitro groups is 1. The van der Waals surface area contributed by atoms with E-state index in [1.54, 1.807) is 0 Å². The van der Waals surface area contributed by atoms with E-state index in [0.717, 1.165) is 12.1 Å². The number of carbonyl (C=O) groups is 1. The standard InChI is InChI=1S/C22H13F2NO5/c23-18-2-1-3-19(24)17(18)12-29-15-8-9-16-20(11-15)30-21(22(16)26)10-13-4-6-14(7-5-13)25(27)28/h1-11H,12H2/b21-10-. The van der Waals surface area contributed by atoms with Crippen molar-refractivity contribution in [2.45, 2.75) is 6.61 Å². The number of halogens is 2. The van der Waals surface area contributed by atoms with Crippen molar-refractivity contribution in [2.24, 2.45) is 0 Å². The van der Waals surface area contributed by atoms with Gasteiger partial charge in [0.15, 0.2) is 5.76 Å². The molecule has 0 fully saturated rings. The highest BCUT2D eigenvalue weighted by atomic mass is 19.1. The van der Waals surface area contributed by atoms with Crippen LogP contribution in [0.3, 0.4) is 0 Å². The Labute approximate surface area is 169 Å². The van der Waals surface area contributed by atoms with Gasteiger partial charge in [0, 0.05) is 18.2 Å². The average molecular weight is 409 g/mol. The number of nitrogens with zero attached hydrogens (tertiary/aromatic N) is 1. The van der Waals surface area contributed by atoms with Crippen LogP contribution in [-0.2, 0) is 6.61 Å². The Balaban J connectivity index is 1.51. The second-order valence-corrected chi connectivity index (χ2v) is 6.44. The van der Waals surface area contributed by atoms with Crippen molar-refractivity contribution in [3.8, 4) is 11.5 Å². The van der Waals surface area contributed by atoms with Crippen molar-refractivity contribution in [3.05, 3.63) is 105 Å². The SMILES string of the molecule is O=C1/C(=C/c2ccc([N+](=O)[O-])cc2)Oc2cc(OCc3c(F)cccc3F)ccc21. The van der Waals surface area contributed by atoms with Gasteiger partial charge in [0.2, 0.25) is 5.78 Å². The quantitative estimate of drug-likeness (QED) is 0.334. The summed E-state index contributed by atoms with van der Waals surface area (Å²) in [5.74, 6) is -1.20. The lowest BCUT2D eigenvalue weighted by molar-refractivity contribution is -0.384. The molecule has 1 aliphatic heterocycles. The van der Waals surface area contributed by atoms with Crippen molar-refractivity contribution in [3.63, 3.8) is 0 Å². The van der Waals surface area contributed by atoms with Crippen LogP contribution in [0.4, 0.5) is 14.5 Å². The molecule has 0 aliphatic carbocycles. The van der Waals surface area contributed by atoms with Gasteiger partial charge in [-0.3, -0.25) is 14.9 Å². The smallest absolute Gasteiger partial charge is 0.269 e. The van der Waals surface area contributed by atoms with Gasteiger partial charge in [-0.15, -0.1) is 0 Å². The number of hydrogen-bond acceptors (Lipinski definition) is 5. The minimum absolute atomic E-state index is 0.0520. The molecule has 150 valence electrons. The molecule has 1 aliphatic rings. The first-order chi connectivity index (χ1) is 14.4. The minimum Gasteiger partial charge on any atom is -0.489 e. The molecule has 0 bridgehead atoms. The molecule has 3 aromatic rings. The lowest BCUT2D eigenvalue weighted by Gasteiger charge is -2.09. The Morgan fingerprint density at radius 2 is 1.73 bits per heavy atom. The van der Waals surface area contributed by atoms with Gasteiger partial charge in [-0.05, 0) is 48.0 Å². The molecule has 0 unspecified atom stereocenters. The number of ketones is 1. The van der Waals surface area contributed by atoms with E-state index in [0.29, 0.717) is 11.1 Å². The summed E-state index contributed by atoms with van der Waals surface area (Å²) in [5, 5.41) is 10.7. The van der Waals surface area contributed by atoms with Gasteiger partial charge in [0.1, 0.15) is 29.7 Å². The van der Waals surface area contributed by atoms with Crippen LogP contribution in [0.2, 0.25) is 0 Å². The molecule has 3 aromatic carbocycles. The molecule has 6 nitrogen and oxygen atoms in total. The van der Waals surface area contributed by atoms with Crippen LogP contribution < -0.4 is 9.47 Å². The minimum atomic E-state index is -0.712. The third-order valence-electron chi connectivity index (χ3n) is 4.49. The zero-order valence-electron chi connectivity index (χ0n) is 15.3. The van der Waals surface area contributed by atoms with E-state index >= 15 is 0 Å². The van der Waals surface area contributed by atoms with Crippen LogP contribution in [0.25, 0.3) is 6.08 Å². The number of nitro benzene ring substituents is 1. The van der Waals surface area contributed by atoms with Crippen LogP contribution in [0, 0.1) is 21.7 Å². The molecule has 0 atom stereocenters. The Bertz CT molecular complexity index is 1170. The summed E-state index contributed by atoms with van der Waals surface area (Å²) in [6, 6.07) is 13.7. The number of rotatable bonds is 5. The summed E-state index contributed by atoms with van der Waals surface area (Å²) in [6.07, 6.45) is 1.47. The summed E-state index contributed by atoms with van der Waals surface area (Å²) in [6.45, 7) is -0.323. The van der Waals surface area contributed by atoms with Crippen LogP contribution in [0.5, 0.6) is 11.5 Å². The molecule has 0 saturated carbocycles.